The predicted octanol–water partition coefficient (Wildman–Crippen LogP) is 0.402. The number of likely N-dealkylation sites (tertiary alicyclic amines) is 1. The number of aromatic nitrogens is 2. The number of nitrogens with one attached hydrogen (secondary N) is 1. The number of aryl methyl sites for hydroxylation is 1. The second-order valence-electron chi connectivity index (χ2n) is 6.63. The summed E-state index contributed by atoms with van der Waals surface area (Å²) in [5, 5.41) is 2.89. The molecule has 0 bridgehead atoms. The molecule has 1 N–H and O–H groups in total. The van der Waals surface area contributed by atoms with Gasteiger partial charge in [-0.05, 0) is 45.0 Å². The zero-order chi connectivity index (χ0) is 18.7. The Morgan fingerprint density at radius 2 is 1.96 bits per heavy atom. The van der Waals surface area contributed by atoms with Crippen LogP contribution in [0.2, 0.25) is 0 Å². The fraction of sp³-hybridized carbons (Fsp3) is 0.500. The fourth-order valence-corrected chi connectivity index (χ4v) is 3.25. The van der Waals surface area contributed by atoms with E-state index in [1.807, 2.05) is 19.1 Å². The van der Waals surface area contributed by atoms with Gasteiger partial charge < -0.3 is 9.73 Å². The van der Waals surface area contributed by atoms with Gasteiger partial charge in [-0.2, -0.15) is 0 Å². The highest BCUT2D eigenvalue weighted by Crippen LogP contribution is 2.26. The average Bonchev–Trinajstić information content (AvgIpc) is 3.28. The van der Waals surface area contributed by atoms with Crippen LogP contribution in [0.4, 0.5) is 0 Å². The second-order valence-corrected chi connectivity index (χ2v) is 6.63. The van der Waals surface area contributed by atoms with Crippen LogP contribution in [-0.2, 0) is 18.4 Å². The van der Waals surface area contributed by atoms with Gasteiger partial charge in [0.15, 0.2) is 0 Å². The standard InChI is InChI=1S/C18H24N4O4/c1-13-5-6-15(26-13)14(21-8-3-4-9-21)11-19-16(23)12-22-10-7-17(24)20(2)18(22)25/h5-7,10,14H,3-4,8-9,11-12H2,1-2H3,(H,19,23). The lowest BCUT2D eigenvalue weighted by molar-refractivity contribution is -0.122. The topological polar surface area (TPSA) is 89.5 Å². The van der Waals surface area contributed by atoms with E-state index in [0.717, 1.165) is 42.0 Å². The van der Waals surface area contributed by atoms with Crippen molar-refractivity contribution in [3.05, 3.63) is 56.8 Å². The Labute approximate surface area is 151 Å². The smallest absolute Gasteiger partial charge is 0.331 e. The van der Waals surface area contributed by atoms with E-state index in [1.54, 1.807) is 0 Å². The van der Waals surface area contributed by atoms with Crippen LogP contribution in [0.1, 0.15) is 30.4 Å². The molecule has 0 aromatic carbocycles. The van der Waals surface area contributed by atoms with Crippen LogP contribution in [-0.4, -0.2) is 39.6 Å². The van der Waals surface area contributed by atoms with Gasteiger partial charge in [0.25, 0.3) is 5.56 Å². The molecule has 1 fully saturated rings. The van der Waals surface area contributed by atoms with E-state index in [1.165, 1.54) is 23.9 Å². The minimum absolute atomic E-state index is 0.0213. The highest BCUT2D eigenvalue weighted by molar-refractivity contribution is 5.75. The maximum absolute atomic E-state index is 12.3. The summed E-state index contributed by atoms with van der Waals surface area (Å²) < 4.78 is 7.97. The lowest BCUT2D eigenvalue weighted by Crippen LogP contribution is -2.42. The maximum Gasteiger partial charge on any atom is 0.331 e. The first-order valence-corrected chi connectivity index (χ1v) is 8.79. The Bertz CT molecular complexity index is 889. The fourth-order valence-electron chi connectivity index (χ4n) is 3.25. The first-order valence-electron chi connectivity index (χ1n) is 8.79. The van der Waals surface area contributed by atoms with Gasteiger partial charge in [0.05, 0.1) is 6.04 Å². The molecule has 140 valence electrons. The van der Waals surface area contributed by atoms with E-state index in [4.69, 9.17) is 4.42 Å². The zero-order valence-electron chi connectivity index (χ0n) is 15.1. The van der Waals surface area contributed by atoms with Gasteiger partial charge in [-0.3, -0.25) is 23.6 Å². The summed E-state index contributed by atoms with van der Waals surface area (Å²) in [6.07, 6.45) is 3.62. The Balaban J connectivity index is 1.67. The van der Waals surface area contributed by atoms with E-state index in [-0.39, 0.29) is 18.5 Å². The lowest BCUT2D eigenvalue weighted by atomic mass is 10.2. The molecule has 0 spiro atoms. The second kappa shape index (κ2) is 7.74. The first kappa shape index (κ1) is 18.2. The molecule has 0 saturated carbocycles. The van der Waals surface area contributed by atoms with Crippen LogP contribution in [0, 0.1) is 6.92 Å². The summed E-state index contributed by atoms with van der Waals surface area (Å²) in [6.45, 7) is 4.12. The SMILES string of the molecule is Cc1ccc(C(CNC(=O)Cn2ccc(=O)n(C)c2=O)N2CCCC2)o1. The highest BCUT2D eigenvalue weighted by atomic mass is 16.3. The van der Waals surface area contributed by atoms with Crippen molar-refractivity contribution in [1.82, 2.24) is 19.4 Å². The monoisotopic (exact) mass is 360 g/mol. The maximum atomic E-state index is 12.3. The number of rotatable bonds is 6. The summed E-state index contributed by atoms with van der Waals surface area (Å²) in [5.74, 6) is 1.40. The van der Waals surface area contributed by atoms with E-state index in [9.17, 15) is 14.4 Å². The van der Waals surface area contributed by atoms with Gasteiger partial charge in [-0.25, -0.2) is 4.79 Å². The van der Waals surface area contributed by atoms with Crippen molar-refractivity contribution in [2.24, 2.45) is 7.05 Å². The van der Waals surface area contributed by atoms with Crippen molar-refractivity contribution in [2.75, 3.05) is 19.6 Å². The molecular weight excluding hydrogens is 336 g/mol. The van der Waals surface area contributed by atoms with Crippen molar-refractivity contribution in [3.63, 3.8) is 0 Å². The molecule has 3 heterocycles. The Hall–Kier alpha value is -2.61. The molecule has 8 nitrogen and oxygen atoms in total. The summed E-state index contributed by atoms with van der Waals surface area (Å²) in [5.41, 5.74) is -0.903. The molecule has 26 heavy (non-hydrogen) atoms. The van der Waals surface area contributed by atoms with Crippen LogP contribution in [0.3, 0.4) is 0 Å². The minimum atomic E-state index is -0.509. The van der Waals surface area contributed by atoms with Crippen LogP contribution in [0.25, 0.3) is 0 Å². The molecule has 0 radical (unpaired) electrons. The van der Waals surface area contributed by atoms with E-state index >= 15 is 0 Å². The molecule has 0 aliphatic carbocycles. The summed E-state index contributed by atoms with van der Waals surface area (Å²) in [4.78, 5) is 38.1. The number of hydrogen-bond donors (Lipinski definition) is 1. The molecule has 1 atom stereocenters. The molecule has 1 unspecified atom stereocenters. The molecule has 2 aromatic heterocycles. The third-order valence-corrected chi connectivity index (χ3v) is 4.74. The molecule has 1 aliphatic heterocycles. The first-order chi connectivity index (χ1) is 12.5. The zero-order valence-corrected chi connectivity index (χ0v) is 15.1. The Morgan fingerprint density at radius 1 is 1.23 bits per heavy atom. The summed E-state index contributed by atoms with van der Waals surface area (Å²) >= 11 is 0. The molecule has 1 amide bonds. The van der Waals surface area contributed by atoms with Crippen LogP contribution in [0.5, 0.6) is 0 Å². The number of carbonyl (C=O) groups is 1. The van der Waals surface area contributed by atoms with E-state index < -0.39 is 11.2 Å². The van der Waals surface area contributed by atoms with E-state index in [2.05, 4.69) is 10.2 Å². The molecule has 1 saturated heterocycles. The third kappa shape index (κ3) is 3.96. The number of hydrogen-bond acceptors (Lipinski definition) is 5. The van der Waals surface area contributed by atoms with Gasteiger partial charge in [-0.15, -0.1) is 0 Å². The van der Waals surface area contributed by atoms with Crippen molar-refractivity contribution in [3.8, 4) is 0 Å². The molecule has 1 aliphatic rings. The van der Waals surface area contributed by atoms with Gasteiger partial charge in [0.2, 0.25) is 5.91 Å². The average molecular weight is 360 g/mol. The quantitative estimate of drug-likeness (QED) is 0.806. The van der Waals surface area contributed by atoms with Gasteiger partial charge in [0.1, 0.15) is 18.1 Å². The van der Waals surface area contributed by atoms with Crippen LogP contribution >= 0.6 is 0 Å². The van der Waals surface area contributed by atoms with E-state index in [0.29, 0.717) is 6.54 Å². The Morgan fingerprint density at radius 3 is 2.62 bits per heavy atom. The third-order valence-electron chi connectivity index (χ3n) is 4.74. The molecular formula is C18H24N4O4. The van der Waals surface area contributed by atoms with Crippen molar-refractivity contribution >= 4 is 5.91 Å². The largest absolute Gasteiger partial charge is 0.465 e. The normalized spacial score (nSPS) is 15.9. The molecule has 8 heteroatoms. The minimum Gasteiger partial charge on any atom is -0.465 e. The number of furan rings is 1. The number of carbonyl (C=O) groups excluding carboxylic acids is 1. The summed E-state index contributed by atoms with van der Waals surface area (Å²) in [7, 11) is 1.39. The van der Waals surface area contributed by atoms with Crippen molar-refractivity contribution in [1.29, 1.82) is 0 Å². The molecule has 3 rings (SSSR count). The number of nitrogens with zero attached hydrogens (tertiary/aromatic N) is 3. The summed E-state index contributed by atoms with van der Waals surface area (Å²) in [6, 6.07) is 5.12. The van der Waals surface area contributed by atoms with Crippen LogP contribution < -0.4 is 16.6 Å². The number of amides is 1. The van der Waals surface area contributed by atoms with Gasteiger partial charge >= 0.3 is 5.69 Å². The van der Waals surface area contributed by atoms with Gasteiger partial charge in [-0.1, -0.05) is 0 Å². The van der Waals surface area contributed by atoms with Gasteiger partial charge in [0, 0.05) is 25.9 Å². The highest BCUT2D eigenvalue weighted by Gasteiger charge is 2.26. The van der Waals surface area contributed by atoms with Crippen LogP contribution in [0.15, 0.2) is 38.4 Å². The lowest BCUT2D eigenvalue weighted by Gasteiger charge is -2.26. The molecule has 2 aromatic rings. The van der Waals surface area contributed by atoms with Crippen molar-refractivity contribution in [2.45, 2.75) is 32.4 Å². The Kier molecular flexibility index (Phi) is 5.41. The van der Waals surface area contributed by atoms with Crippen molar-refractivity contribution < 1.29 is 9.21 Å². The predicted molar refractivity (Wildman–Crippen MR) is 95.9 cm³/mol.